The molecule has 1 aliphatic rings. The van der Waals surface area contributed by atoms with Gasteiger partial charge in [-0.3, -0.25) is 4.98 Å². The zero-order chi connectivity index (χ0) is 21.8. The van der Waals surface area contributed by atoms with Gasteiger partial charge in [0.2, 0.25) is 0 Å². The molecule has 1 fully saturated rings. The van der Waals surface area contributed by atoms with Gasteiger partial charge in [-0.2, -0.15) is 0 Å². The van der Waals surface area contributed by atoms with E-state index in [1.54, 1.807) is 11.9 Å². The summed E-state index contributed by atoms with van der Waals surface area (Å²) in [5.74, 6) is 0.768. The quantitative estimate of drug-likeness (QED) is 0.324. The summed E-state index contributed by atoms with van der Waals surface area (Å²) >= 11 is 1.64. The van der Waals surface area contributed by atoms with Gasteiger partial charge in [0, 0.05) is 35.3 Å². The van der Waals surface area contributed by atoms with Crippen molar-refractivity contribution in [3.05, 3.63) is 96.2 Å². The lowest BCUT2D eigenvalue weighted by molar-refractivity contribution is 0.404. The number of rotatable bonds is 6. The third kappa shape index (κ3) is 4.76. The van der Waals surface area contributed by atoms with Crippen molar-refractivity contribution >= 4 is 34.2 Å². The predicted molar refractivity (Wildman–Crippen MR) is 137 cm³/mol. The first-order chi connectivity index (χ1) is 15.8. The van der Waals surface area contributed by atoms with E-state index in [2.05, 4.69) is 89.3 Å². The van der Waals surface area contributed by atoms with Gasteiger partial charge >= 0.3 is 0 Å². The van der Waals surface area contributed by atoms with Crippen molar-refractivity contribution < 1.29 is 0 Å². The summed E-state index contributed by atoms with van der Waals surface area (Å²) < 4.78 is 3.52. The molecule has 1 aliphatic heterocycles. The molecule has 0 spiro atoms. The fourth-order valence-corrected chi connectivity index (χ4v) is 5.23. The second kappa shape index (κ2) is 9.66. The number of fused-ring (bicyclic) bond motifs is 1. The zero-order valence-electron chi connectivity index (χ0n) is 18.5. The molecular weight excluding hydrogens is 410 g/mol. The lowest BCUT2D eigenvalue weighted by atomic mass is 9.90. The molecule has 5 rings (SSSR count). The van der Waals surface area contributed by atoms with Crippen LogP contribution >= 0.6 is 11.9 Å². The van der Waals surface area contributed by atoms with Gasteiger partial charge in [0.25, 0.3) is 0 Å². The highest BCUT2D eigenvalue weighted by atomic mass is 32.2. The molecule has 0 unspecified atom stereocenters. The maximum atomic E-state index is 4.73. The van der Waals surface area contributed by atoms with Crippen molar-refractivity contribution in [3.8, 4) is 0 Å². The SMILES string of the molecule is Cc1ccc(SNc2ccc(N3CCC(Cc4ccccc4)CC3)c3cccnc23)cc1. The first-order valence-corrected chi connectivity index (χ1v) is 12.2. The number of hydrogen-bond acceptors (Lipinski definition) is 4. The van der Waals surface area contributed by atoms with Crippen LogP contribution in [-0.2, 0) is 6.42 Å². The van der Waals surface area contributed by atoms with Crippen molar-refractivity contribution in [3.63, 3.8) is 0 Å². The number of hydrogen-bond donors (Lipinski definition) is 1. The van der Waals surface area contributed by atoms with Crippen LogP contribution in [0.15, 0.2) is 90.0 Å². The number of nitrogens with zero attached hydrogens (tertiary/aromatic N) is 2. The molecule has 0 radical (unpaired) electrons. The van der Waals surface area contributed by atoms with E-state index in [0.717, 1.165) is 30.2 Å². The molecule has 0 bridgehead atoms. The van der Waals surface area contributed by atoms with Gasteiger partial charge in [-0.15, -0.1) is 0 Å². The average Bonchev–Trinajstić information content (AvgIpc) is 2.85. The highest BCUT2D eigenvalue weighted by Crippen LogP contribution is 2.35. The number of anilines is 2. The van der Waals surface area contributed by atoms with Gasteiger partial charge in [0.1, 0.15) is 0 Å². The monoisotopic (exact) mass is 439 g/mol. The van der Waals surface area contributed by atoms with Crippen molar-refractivity contribution in [1.82, 2.24) is 4.98 Å². The Labute approximate surface area is 195 Å². The lowest BCUT2D eigenvalue weighted by Crippen LogP contribution is -2.34. The van der Waals surface area contributed by atoms with Crippen molar-refractivity contribution in [1.29, 1.82) is 0 Å². The van der Waals surface area contributed by atoms with E-state index in [1.807, 2.05) is 12.3 Å². The molecule has 4 heteroatoms. The van der Waals surface area contributed by atoms with Crippen LogP contribution in [0.4, 0.5) is 11.4 Å². The Morgan fingerprint density at radius 2 is 1.69 bits per heavy atom. The van der Waals surface area contributed by atoms with Gasteiger partial charge in [-0.25, -0.2) is 0 Å². The van der Waals surface area contributed by atoms with E-state index >= 15 is 0 Å². The minimum absolute atomic E-state index is 0.768. The molecule has 3 nitrogen and oxygen atoms in total. The Hall–Kier alpha value is -2.98. The van der Waals surface area contributed by atoms with Gasteiger partial charge in [-0.05, 0) is 86.0 Å². The highest BCUT2D eigenvalue weighted by molar-refractivity contribution is 8.00. The third-order valence-corrected chi connectivity index (χ3v) is 7.20. The smallest absolute Gasteiger partial charge is 0.0962 e. The summed E-state index contributed by atoms with van der Waals surface area (Å²) in [7, 11) is 0. The Morgan fingerprint density at radius 1 is 0.906 bits per heavy atom. The van der Waals surface area contributed by atoms with Crippen LogP contribution in [0.5, 0.6) is 0 Å². The number of benzene rings is 3. The number of aryl methyl sites for hydroxylation is 1. The molecule has 0 atom stereocenters. The Bertz CT molecular complexity index is 1170. The molecule has 4 aromatic rings. The van der Waals surface area contributed by atoms with Gasteiger partial charge in [0.15, 0.2) is 0 Å². The molecule has 0 amide bonds. The Balaban J connectivity index is 1.30. The van der Waals surface area contributed by atoms with Gasteiger partial charge in [-0.1, -0.05) is 48.0 Å². The van der Waals surface area contributed by atoms with E-state index in [9.17, 15) is 0 Å². The van der Waals surface area contributed by atoms with Crippen LogP contribution in [0.3, 0.4) is 0 Å². The molecule has 1 aromatic heterocycles. The van der Waals surface area contributed by atoms with E-state index in [0.29, 0.717) is 0 Å². The van der Waals surface area contributed by atoms with Crippen LogP contribution in [0.2, 0.25) is 0 Å². The summed E-state index contributed by atoms with van der Waals surface area (Å²) in [6.45, 7) is 4.32. The molecule has 0 aliphatic carbocycles. The summed E-state index contributed by atoms with van der Waals surface area (Å²) in [5.41, 5.74) is 6.14. The molecule has 162 valence electrons. The molecule has 32 heavy (non-hydrogen) atoms. The molecule has 3 aromatic carbocycles. The summed E-state index contributed by atoms with van der Waals surface area (Å²) in [5, 5.41) is 1.23. The molecule has 1 N–H and O–H groups in total. The second-order valence-corrected chi connectivity index (χ2v) is 9.55. The maximum absolute atomic E-state index is 4.73. The normalized spacial score (nSPS) is 14.6. The summed E-state index contributed by atoms with van der Waals surface area (Å²) in [6, 6.07) is 28.2. The largest absolute Gasteiger partial charge is 0.371 e. The predicted octanol–water partition coefficient (Wildman–Crippen LogP) is 7.12. The van der Waals surface area contributed by atoms with Crippen molar-refractivity contribution in [2.75, 3.05) is 22.7 Å². The Kier molecular flexibility index (Phi) is 6.31. The number of aromatic nitrogens is 1. The van der Waals surface area contributed by atoms with Crippen molar-refractivity contribution in [2.24, 2.45) is 5.92 Å². The topological polar surface area (TPSA) is 28.2 Å². The molecule has 0 saturated carbocycles. The third-order valence-electron chi connectivity index (χ3n) is 6.37. The van der Waals surface area contributed by atoms with Crippen LogP contribution in [0.25, 0.3) is 10.9 Å². The fourth-order valence-electron chi connectivity index (χ4n) is 4.56. The molecule has 2 heterocycles. The minimum Gasteiger partial charge on any atom is -0.371 e. The molecular formula is C28H29N3S. The van der Waals surface area contributed by atoms with Gasteiger partial charge < -0.3 is 9.62 Å². The van der Waals surface area contributed by atoms with Crippen molar-refractivity contribution in [2.45, 2.75) is 31.1 Å². The highest BCUT2D eigenvalue weighted by Gasteiger charge is 2.21. The standard InChI is InChI=1S/C28H29N3S/c1-21-9-11-24(12-10-21)32-30-26-13-14-27(25-8-5-17-29-28(25)26)31-18-15-23(16-19-31)20-22-6-3-2-4-7-22/h2-14,17,23,30H,15-16,18-20H2,1H3. The zero-order valence-corrected chi connectivity index (χ0v) is 19.3. The van der Waals surface area contributed by atoms with E-state index in [4.69, 9.17) is 4.98 Å². The maximum Gasteiger partial charge on any atom is 0.0962 e. The van der Waals surface area contributed by atoms with Crippen LogP contribution in [0, 0.1) is 12.8 Å². The average molecular weight is 440 g/mol. The fraction of sp³-hybridized carbons (Fsp3) is 0.250. The summed E-state index contributed by atoms with van der Waals surface area (Å²) in [6.07, 6.45) is 5.55. The number of pyridine rings is 1. The van der Waals surface area contributed by atoms with E-state index < -0.39 is 0 Å². The number of piperidine rings is 1. The first kappa shape index (κ1) is 20.9. The van der Waals surface area contributed by atoms with E-state index in [1.165, 1.54) is 46.4 Å². The second-order valence-electron chi connectivity index (χ2n) is 8.67. The van der Waals surface area contributed by atoms with Crippen LogP contribution in [-0.4, -0.2) is 18.1 Å². The number of nitrogens with one attached hydrogen (secondary N) is 1. The lowest BCUT2D eigenvalue weighted by Gasteiger charge is -2.34. The molecule has 1 saturated heterocycles. The first-order valence-electron chi connectivity index (χ1n) is 11.4. The van der Waals surface area contributed by atoms with Crippen LogP contribution in [0.1, 0.15) is 24.0 Å². The van der Waals surface area contributed by atoms with E-state index in [-0.39, 0.29) is 0 Å². The van der Waals surface area contributed by atoms with Crippen LogP contribution < -0.4 is 9.62 Å². The minimum atomic E-state index is 0.768. The van der Waals surface area contributed by atoms with Gasteiger partial charge in [0.05, 0.1) is 11.2 Å². The summed E-state index contributed by atoms with van der Waals surface area (Å²) in [4.78, 5) is 8.47. The Morgan fingerprint density at radius 3 is 2.47 bits per heavy atom.